The monoisotopic (exact) mass is 943 g/mol. The van der Waals surface area contributed by atoms with Crippen LogP contribution in [-0.4, -0.2) is 115 Å². The predicted molar refractivity (Wildman–Crippen MR) is 270 cm³/mol. The molecule has 1 N–H and O–H groups in total. The normalized spacial score (nSPS) is 14.9. The lowest BCUT2D eigenvalue weighted by molar-refractivity contribution is -0.122. The minimum Gasteiger partial charge on any atom is -0.497 e. The molecule has 1 amide bonds. The van der Waals surface area contributed by atoms with Crippen LogP contribution in [0, 0.1) is 17.8 Å². The first-order valence-corrected chi connectivity index (χ1v) is 24.5. The topological polar surface area (TPSA) is 144 Å². The number of nitrogens with zero attached hydrogens (tertiary/aromatic N) is 7. The first kappa shape index (κ1) is 52.9. The van der Waals surface area contributed by atoms with Crippen LogP contribution in [0.2, 0.25) is 5.15 Å². The summed E-state index contributed by atoms with van der Waals surface area (Å²) >= 11 is 6.68. The van der Waals surface area contributed by atoms with E-state index in [0.29, 0.717) is 58.7 Å². The number of nitrogens with one attached hydrogen (secondary N) is 1. The third-order valence-electron chi connectivity index (χ3n) is 12.7. The van der Waals surface area contributed by atoms with Crippen molar-refractivity contribution in [2.24, 2.45) is 17.8 Å². The number of halogens is 1. The van der Waals surface area contributed by atoms with Gasteiger partial charge in [-0.05, 0) is 142 Å². The van der Waals surface area contributed by atoms with E-state index in [1.54, 1.807) is 31.0 Å². The van der Waals surface area contributed by atoms with Crippen LogP contribution >= 0.6 is 11.6 Å². The zero-order chi connectivity index (χ0) is 48.6. The number of carbonyl (C=O) groups is 2. The average Bonchev–Trinajstić information content (AvgIpc) is 3.30. The summed E-state index contributed by atoms with van der Waals surface area (Å²) in [4.78, 5) is 68.0. The quantitative estimate of drug-likeness (QED) is 0.0866. The molecule has 0 unspecified atom stereocenters. The number of Topliss-reactive ketones (excluding diaryl/α,β-unsaturated/α-hetero) is 1. The number of ether oxygens (including phenoxy) is 2. The summed E-state index contributed by atoms with van der Waals surface area (Å²) in [6, 6.07) is 14.8. The van der Waals surface area contributed by atoms with Gasteiger partial charge in [0, 0.05) is 36.7 Å². The number of likely N-dealkylation sites (tertiary alicyclic amines) is 1. The van der Waals surface area contributed by atoms with Crippen molar-refractivity contribution in [3.05, 3.63) is 86.3 Å². The van der Waals surface area contributed by atoms with Gasteiger partial charge >= 0.3 is 0 Å². The summed E-state index contributed by atoms with van der Waals surface area (Å²) in [7, 11) is 9.55. The summed E-state index contributed by atoms with van der Waals surface area (Å²) in [5.74, 6) is 3.14. The number of aromatic nitrogens is 4. The molecule has 6 rings (SSSR count). The van der Waals surface area contributed by atoms with E-state index in [2.05, 4.69) is 46.2 Å². The van der Waals surface area contributed by atoms with Crippen LogP contribution in [0.15, 0.2) is 64.3 Å². The van der Waals surface area contributed by atoms with Crippen LogP contribution in [0.4, 0.5) is 5.82 Å². The molecule has 0 saturated carbocycles. The number of hydrogen-bond donors (Lipinski definition) is 1. The standard InChI is InChI=1S/C27H39N3O3.C25H36ClN5O3/c1-20(2)16-23(31)19-30-26(22-9-7-10-24(17-22)33-4)18-28-25(27(30)32)11-6-5-8-21-12-14-29(3)15-13-21;1-17(2)27-21(32)16-31-22(19-7-6-8-20(15-19)34-5)23(26)28-24(25(31)33)30-13-10-18(11-14-30)9-12-29(3)4/h7,9-10,17-18,20-21H,5-6,8,11-16,19H2,1-4H3;6-8,15,17-18H,9-14,16H2,1-5H3,(H,27,32). The third-order valence-corrected chi connectivity index (χ3v) is 12.9. The van der Waals surface area contributed by atoms with Gasteiger partial charge in [0.2, 0.25) is 5.91 Å². The van der Waals surface area contributed by atoms with E-state index in [4.69, 9.17) is 21.1 Å². The molecule has 0 atom stereocenters. The van der Waals surface area contributed by atoms with Crippen molar-refractivity contribution in [3.63, 3.8) is 0 Å². The molecule has 2 aromatic carbocycles. The molecule has 4 heterocycles. The van der Waals surface area contributed by atoms with Gasteiger partial charge in [0.1, 0.15) is 23.7 Å². The Morgan fingerprint density at radius 1 is 0.821 bits per heavy atom. The Kier molecular flexibility index (Phi) is 20.5. The summed E-state index contributed by atoms with van der Waals surface area (Å²) in [5.41, 5.74) is 2.66. The van der Waals surface area contributed by atoms with Crippen molar-refractivity contribution in [3.8, 4) is 34.0 Å². The molecule has 2 saturated heterocycles. The minimum atomic E-state index is -0.312. The molecule has 0 spiro atoms. The van der Waals surface area contributed by atoms with Gasteiger partial charge in [-0.2, -0.15) is 0 Å². The van der Waals surface area contributed by atoms with Crippen molar-refractivity contribution in [1.82, 2.24) is 34.2 Å². The fraction of sp³-hybridized carbons (Fsp3) is 0.577. The minimum absolute atomic E-state index is 0.0403. The van der Waals surface area contributed by atoms with Crippen molar-refractivity contribution < 1.29 is 19.1 Å². The van der Waals surface area contributed by atoms with Gasteiger partial charge in [-0.15, -0.1) is 0 Å². The van der Waals surface area contributed by atoms with Crippen LogP contribution in [0.1, 0.15) is 91.2 Å². The van der Waals surface area contributed by atoms with Gasteiger partial charge in [-0.1, -0.05) is 62.6 Å². The van der Waals surface area contributed by atoms with Gasteiger partial charge in [0.05, 0.1) is 38.3 Å². The highest BCUT2D eigenvalue weighted by atomic mass is 35.5. The van der Waals surface area contributed by atoms with Crippen molar-refractivity contribution in [2.75, 3.05) is 73.0 Å². The molecule has 14 nitrogen and oxygen atoms in total. The Bertz CT molecular complexity index is 2350. The lowest BCUT2D eigenvalue weighted by Gasteiger charge is -2.33. The van der Waals surface area contributed by atoms with Crippen LogP contribution < -0.4 is 30.8 Å². The highest BCUT2D eigenvalue weighted by molar-refractivity contribution is 6.32. The van der Waals surface area contributed by atoms with Gasteiger partial charge in [0.15, 0.2) is 16.8 Å². The molecule has 4 aromatic rings. The van der Waals surface area contributed by atoms with Crippen LogP contribution in [0.3, 0.4) is 0 Å². The molecular weight excluding hydrogens is 868 g/mol. The molecule has 2 aromatic heterocycles. The van der Waals surface area contributed by atoms with E-state index in [0.717, 1.165) is 63.2 Å². The molecule has 0 bridgehead atoms. The Labute approximate surface area is 403 Å². The molecule has 366 valence electrons. The Morgan fingerprint density at radius 2 is 1.43 bits per heavy atom. The molecular formula is C52H75ClN8O6. The molecule has 2 fully saturated rings. The second-order valence-corrected chi connectivity index (χ2v) is 19.6. The van der Waals surface area contributed by atoms with Crippen molar-refractivity contribution in [2.45, 2.75) is 111 Å². The maximum absolute atomic E-state index is 13.7. The summed E-state index contributed by atoms with van der Waals surface area (Å²) in [5, 5.41) is 3.05. The van der Waals surface area contributed by atoms with E-state index in [1.807, 2.05) is 75.1 Å². The number of rotatable bonds is 20. The molecule has 0 radical (unpaired) electrons. The first-order valence-electron chi connectivity index (χ1n) is 24.1. The maximum Gasteiger partial charge on any atom is 0.294 e. The number of aryl methyl sites for hydroxylation is 1. The fourth-order valence-electron chi connectivity index (χ4n) is 8.96. The predicted octanol–water partition coefficient (Wildman–Crippen LogP) is 7.85. The van der Waals surface area contributed by atoms with Crippen LogP contribution in [-0.2, 0) is 29.1 Å². The number of benzene rings is 2. The smallest absolute Gasteiger partial charge is 0.294 e. The van der Waals surface area contributed by atoms with Gasteiger partial charge in [0.25, 0.3) is 11.1 Å². The molecule has 15 heteroatoms. The first-order chi connectivity index (χ1) is 32.1. The maximum atomic E-state index is 13.7. The number of ketones is 1. The van der Waals surface area contributed by atoms with Gasteiger partial charge in [-0.3, -0.25) is 33.3 Å². The van der Waals surface area contributed by atoms with Crippen LogP contribution in [0.25, 0.3) is 22.5 Å². The number of piperidine rings is 2. The number of anilines is 1. The van der Waals surface area contributed by atoms with E-state index in [1.165, 1.54) is 36.9 Å². The van der Waals surface area contributed by atoms with Crippen molar-refractivity contribution in [1.29, 1.82) is 0 Å². The summed E-state index contributed by atoms with van der Waals surface area (Å²) in [6.45, 7) is 12.7. The van der Waals surface area contributed by atoms with E-state index in [9.17, 15) is 19.2 Å². The van der Waals surface area contributed by atoms with E-state index in [-0.39, 0.29) is 53.0 Å². The largest absolute Gasteiger partial charge is 0.497 e. The lowest BCUT2D eigenvalue weighted by atomic mass is 9.91. The zero-order valence-electron chi connectivity index (χ0n) is 41.5. The van der Waals surface area contributed by atoms with Gasteiger partial charge < -0.3 is 29.5 Å². The SMILES string of the molecule is COc1cccc(-c2c(Cl)nc(N3CCC(CCN(C)C)CC3)c(=O)n2CC(=O)NC(C)C)c1.COc1cccc(-c2cnc(CCCCC3CCN(C)CC3)c(=O)n2CC(=O)CC(C)C)c1. The third kappa shape index (κ3) is 15.8. The van der Waals surface area contributed by atoms with Crippen molar-refractivity contribution >= 4 is 29.1 Å². The number of methoxy groups -OCH3 is 2. The van der Waals surface area contributed by atoms with Crippen LogP contribution in [0.5, 0.6) is 11.5 Å². The average molecular weight is 944 g/mol. The lowest BCUT2D eigenvalue weighted by Crippen LogP contribution is -2.42. The number of amides is 1. The summed E-state index contributed by atoms with van der Waals surface area (Å²) < 4.78 is 13.7. The van der Waals surface area contributed by atoms with Gasteiger partial charge in [-0.25, -0.2) is 4.98 Å². The highest BCUT2D eigenvalue weighted by Gasteiger charge is 2.27. The molecule has 2 aliphatic heterocycles. The Hall–Kier alpha value is -5.05. The molecule has 2 aliphatic rings. The highest BCUT2D eigenvalue weighted by Crippen LogP contribution is 2.31. The summed E-state index contributed by atoms with van der Waals surface area (Å²) in [6.07, 6.45) is 11.8. The Morgan fingerprint density at radius 3 is 2.04 bits per heavy atom. The van der Waals surface area contributed by atoms with E-state index >= 15 is 0 Å². The molecule has 0 aliphatic carbocycles. The zero-order valence-corrected chi connectivity index (χ0v) is 42.2. The fourth-order valence-corrected chi connectivity index (χ4v) is 9.25. The number of hydrogen-bond acceptors (Lipinski definition) is 11. The number of carbonyl (C=O) groups excluding carboxylic acids is 2. The second-order valence-electron chi connectivity index (χ2n) is 19.3. The van der Waals surface area contributed by atoms with E-state index < -0.39 is 0 Å². The number of unbranched alkanes of at least 4 members (excludes halogenated alkanes) is 1. The molecule has 67 heavy (non-hydrogen) atoms. The second kappa shape index (κ2) is 25.9. The Balaban J connectivity index is 0.000000251.